The second-order valence-electron chi connectivity index (χ2n) is 4.10. The van der Waals surface area contributed by atoms with Crippen molar-refractivity contribution in [3.05, 3.63) is 0 Å². The van der Waals surface area contributed by atoms with E-state index in [-0.39, 0.29) is 18.4 Å². The molecule has 0 aromatic heterocycles. The monoisotopic (exact) mass is 244 g/mol. The number of hydrogen-bond acceptors (Lipinski definition) is 5. The number of methoxy groups -OCH3 is 1. The second kappa shape index (κ2) is 7.37. The van der Waals surface area contributed by atoms with Crippen LogP contribution in [-0.4, -0.2) is 61.3 Å². The van der Waals surface area contributed by atoms with Crippen molar-refractivity contribution < 1.29 is 19.4 Å². The normalized spacial score (nSPS) is 18.6. The number of aliphatic hydroxyl groups excluding tert-OH is 1. The number of ether oxygens (including phenoxy) is 1. The van der Waals surface area contributed by atoms with Gasteiger partial charge in [0.2, 0.25) is 11.8 Å². The first kappa shape index (κ1) is 14.1. The number of β-amino-alcohol motifs (C(OH)–C–C–N with tert-alkyl or cyclic N) is 1. The second-order valence-corrected chi connectivity index (χ2v) is 4.10. The summed E-state index contributed by atoms with van der Waals surface area (Å²) in [7, 11) is 1.60. The van der Waals surface area contributed by atoms with Crippen molar-refractivity contribution >= 4 is 11.8 Å². The van der Waals surface area contributed by atoms with Crippen molar-refractivity contribution in [1.82, 2.24) is 10.2 Å². The van der Waals surface area contributed by atoms with E-state index in [2.05, 4.69) is 5.32 Å². The lowest BCUT2D eigenvalue weighted by atomic mass is 10.1. The maximum atomic E-state index is 11.5. The minimum atomic E-state index is -0.724. The molecule has 1 unspecified atom stereocenters. The lowest BCUT2D eigenvalue weighted by Gasteiger charge is -2.27. The zero-order valence-corrected chi connectivity index (χ0v) is 10.1. The third kappa shape index (κ3) is 4.80. The van der Waals surface area contributed by atoms with Gasteiger partial charge in [-0.15, -0.1) is 0 Å². The Morgan fingerprint density at radius 2 is 2.06 bits per heavy atom. The van der Waals surface area contributed by atoms with Crippen molar-refractivity contribution in [3.8, 4) is 0 Å². The first-order valence-electron chi connectivity index (χ1n) is 5.86. The van der Waals surface area contributed by atoms with Crippen LogP contribution in [0.1, 0.15) is 19.3 Å². The summed E-state index contributed by atoms with van der Waals surface area (Å²) in [6, 6.07) is 0. The van der Waals surface area contributed by atoms with Gasteiger partial charge in [-0.1, -0.05) is 0 Å². The topological polar surface area (TPSA) is 78.9 Å². The van der Waals surface area contributed by atoms with Gasteiger partial charge in [-0.2, -0.15) is 0 Å². The molecule has 1 fully saturated rings. The smallest absolute Gasteiger partial charge is 0.229 e. The molecule has 98 valence electrons. The minimum Gasteiger partial charge on any atom is -0.390 e. The molecule has 1 aliphatic rings. The van der Waals surface area contributed by atoms with Gasteiger partial charge in [0.15, 0.2) is 0 Å². The molecule has 0 aromatic rings. The van der Waals surface area contributed by atoms with E-state index in [4.69, 9.17) is 4.74 Å². The number of rotatable bonds is 7. The molecular weight excluding hydrogens is 224 g/mol. The molecule has 1 atom stereocenters. The number of amides is 2. The summed E-state index contributed by atoms with van der Waals surface area (Å²) in [5, 5.41) is 12.7. The zero-order valence-electron chi connectivity index (χ0n) is 10.1. The van der Waals surface area contributed by atoms with Crippen LogP contribution in [0.2, 0.25) is 0 Å². The summed E-state index contributed by atoms with van der Waals surface area (Å²) >= 11 is 0. The average molecular weight is 244 g/mol. The summed E-state index contributed by atoms with van der Waals surface area (Å²) in [6.07, 6.45) is 0.694. The molecule has 17 heavy (non-hydrogen) atoms. The molecule has 0 spiro atoms. The number of carbonyl (C=O) groups is 2. The third-order valence-electron chi connectivity index (χ3n) is 2.64. The Kier molecular flexibility index (Phi) is 6.10. The van der Waals surface area contributed by atoms with E-state index in [1.165, 1.54) is 0 Å². The van der Waals surface area contributed by atoms with Gasteiger partial charge in [0.1, 0.15) is 0 Å². The molecule has 0 saturated carbocycles. The predicted octanol–water partition coefficient (Wildman–Crippen LogP) is -0.878. The fourth-order valence-electron chi connectivity index (χ4n) is 1.72. The van der Waals surface area contributed by atoms with Crippen molar-refractivity contribution in [3.63, 3.8) is 0 Å². The van der Waals surface area contributed by atoms with Crippen molar-refractivity contribution in [1.29, 1.82) is 0 Å². The first-order valence-corrected chi connectivity index (χ1v) is 5.86. The molecule has 2 N–H and O–H groups in total. The van der Waals surface area contributed by atoms with Crippen LogP contribution in [0.4, 0.5) is 0 Å². The van der Waals surface area contributed by atoms with Gasteiger partial charge in [-0.25, -0.2) is 0 Å². The van der Waals surface area contributed by atoms with E-state index in [9.17, 15) is 14.7 Å². The Balaban J connectivity index is 2.26. The zero-order chi connectivity index (χ0) is 12.7. The Bertz CT molecular complexity index is 254. The highest BCUT2D eigenvalue weighted by atomic mass is 16.5. The number of imide groups is 1. The van der Waals surface area contributed by atoms with Gasteiger partial charge in [0, 0.05) is 33.0 Å². The van der Waals surface area contributed by atoms with Crippen LogP contribution < -0.4 is 5.32 Å². The summed E-state index contributed by atoms with van der Waals surface area (Å²) in [5.74, 6) is -0.366. The van der Waals surface area contributed by atoms with Gasteiger partial charge < -0.3 is 15.2 Å². The number of nitrogens with zero attached hydrogens (tertiary/aromatic N) is 1. The van der Waals surface area contributed by atoms with E-state index >= 15 is 0 Å². The van der Waals surface area contributed by atoms with Crippen molar-refractivity contribution in [2.45, 2.75) is 25.4 Å². The molecule has 6 heteroatoms. The molecule has 1 rings (SSSR count). The Labute approximate surface area is 101 Å². The van der Waals surface area contributed by atoms with E-state index in [0.29, 0.717) is 39.0 Å². The molecule has 0 radical (unpaired) electrons. The van der Waals surface area contributed by atoms with Crippen LogP contribution in [0.15, 0.2) is 0 Å². The lowest BCUT2D eigenvalue weighted by molar-refractivity contribution is -0.149. The molecule has 1 heterocycles. The van der Waals surface area contributed by atoms with E-state index in [1.807, 2.05) is 0 Å². The number of hydrogen-bond donors (Lipinski definition) is 2. The van der Waals surface area contributed by atoms with Gasteiger partial charge >= 0.3 is 0 Å². The predicted molar refractivity (Wildman–Crippen MR) is 61.3 cm³/mol. The number of nitrogens with one attached hydrogen (secondary N) is 1. The lowest BCUT2D eigenvalue weighted by Crippen LogP contribution is -2.46. The molecule has 1 saturated heterocycles. The van der Waals surface area contributed by atoms with E-state index in [0.717, 1.165) is 4.90 Å². The Hall–Kier alpha value is -0.980. The maximum absolute atomic E-state index is 11.5. The molecule has 2 amide bonds. The summed E-state index contributed by atoms with van der Waals surface area (Å²) in [4.78, 5) is 24.1. The molecule has 1 aliphatic heterocycles. The summed E-state index contributed by atoms with van der Waals surface area (Å²) in [6.45, 7) is 1.63. The quantitative estimate of drug-likeness (QED) is 0.449. The third-order valence-corrected chi connectivity index (χ3v) is 2.64. The van der Waals surface area contributed by atoms with Crippen LogP contribution in [0.5, 0.6) is 0 Å². The maximum Gasteiger partial charge on any atom is 0.229 e. The average Bonchev–Trinajstić information content (AvgIpc) is 2.30. The Morgan fingerprint density at radius 1 is 1.41 bits per heavy atom. The van der Waals surface area contributed by atoms with Gasteiger partial charge in [-0.3, -0.25) is 14.5 Å². The fourth-order valence-corrected chi connectivity index (χ4v) is 1.72. The fraction of sp³-hybridized carbons (Fsp3) is 0.818. The van der Waals surface area contributed by atoms with E-state index < -0.39 is 6.10 Å². The molecular formula is C11H20N2O4. The molecule has 6 nitrogen and oxygen atoms in total. The van der Waals surface area contributed by atoms with Gasteiger partial charge in [-0.05, 0) is 6.42 Å². The number of aliphatic hydroxyl groups is 1. The highest BCUT2D eigenvalue weighted by molar-refractivity contribution is 5.97. The van der Waals surface area contributed by atoms with Crippen LogP contribution in [-0.2, 0) is 14.3 Å². The van der Waals surface area contributed by atoms with Gasteiger partial charge in [0.25, 0.3) is 0 Å². The SMILES string of the molecule is COCCNCC(O)CN1C(=O)CCCC1=O. The standard InChI is InChI=1S/C11H20N2O4/c1-17-6-5-12-7-9(14)8-13-10(15)3-2-4-11(13)16/h9,12,14H,2-8H2,1H3. The van der Waals surface area contributed by atoms with Gasteiger partial charge in [0.05, 0.1) is 19.3 Å². The van der Waals surface area contributed by atoms with Crippen LogP contribution in [0.25, 0.3) is 0 Å². The van der Waals surface area contributed by atoms with Crippen LogP contribution >= 0.6 is 0 Å². The minimum absolute atomic E-state index is 0.0810. The van der Waals surface area contributed by atoms with Crippen molar-refractivity contribution in [2.75, 3.05) is 33.4 Å². The highest BCUT2D eigenvalue weighted by Crippen LogP contribution is 2.12. The molecule has 0 bridgehead atoms. The van der Waals surface area contributed by atoms with Crippen molar-refractivity contribution in [2.24, 2.45) is 0 Å². The number of piperidine rings is 1. The number of likely N-dealkylation sites (tertiary alicyclic amines) is 1. The van der Waals surface area contributed by atoms with E-state index in [1.54, 1.807) is 7.11 Å². The molecule has 0 aliphatic carbocycles. The van der Waals surface area contributed by atoms with Crippen LogP contribution in [0, 0.1) is 0 Å². The van der Waals surface area contributed by atoms with Crippen LogP contribution in [0.3, 0.4) is 0 Å². The number of carbonyl (C=O) groups excluding carboxylic acids is 2. The first-order chi connectivity index (χ1) is 8.15. The molecule has 0 aromatic carbocycles. The summed E-state index contributed by atoms with van der Waals surface area (Å²) < 4.78 is 4.84. The summed E-state index contributed by atoms with van der Waals surface area (Å²) in [5.41, 5.74) is 0. The highest BCUT2D eigenvalue weighted by Gasteiger charge is 2.27. The Morgan fingerprint density at radius 3 is 2.65 bits per heavy atom. The largest absolute Gasteiger partial charge is 0.390 e.